The lowest BCUT2D eigenvalue weighted by Crippen LogP contribution is -2.20. The van der Waals surface area contributed by atoms with Gasteiger partial charge in [-0.3, -0.25) is 4.79 Å². The molecule has 1 fully saturated rings. The van der Waals surface area contributed by atoms with E-state index < -0.39 is 17.6 Å². The number of carboxylic acids is 1. The Hall–Kier alpha value is -1.85. The molecule has 0 bridgehead atoms. The third-order valence-corrected chi connectivity index (χ3v) is 6.69. The molecule has 1 aromatic rings. The fraction of sp³-hybridized carbons (Fsp3) is 0.741. The molecule has 1 aromatic carbocycles. The average Bonchev–Trinajstić information content (AvgIpc) is 2.80. The summed E-state index contributed by atoms with van der Waals surface area (Å²) in [5.41, 5.74) is 0. The number of hydrogen-bond donors (Lipinski definition) is 1. The van der Waals surface area contributed by atoms with Crippen molar-refractivity contribution in [3.8, 4) is 11.5 Å². The number of rotatable bonds is 17. The predicted molar refractivity (Wildman–Crippen MR) is 127 cm³/mol. The molecule has 0 aromatic heterocycles. The number of ether oxygens (including phenoxy) is 2. The number of carbonyl (C=O) groups is 1. The summed E-state index contributed by atoms with van der Waals surface area (Å²) in [4.78, 5) is 10.4. The Bertz CT molecular complexity index is 687. The van der Waals surface area contributed by atoms with Crippen molar-refractivity contribution in [1.29, 1.82) is 0 Å². The second-order valence-electron chi connectivity index (χ2n) is 9.50. The molecule has 1 aliphatic carbocycles. The van der Waals surface area contributed by atoms with E-state index in [0.717, 1.165) is 70.1 Å². The lowest BCUT2D eigenvalue weighted by Gasteiger charge is -2.28. The second kappa shape index (κ2) is 15.9. The monoisotopic (exact) mass is 468 g/mol. The number of unbranched alkanes of at least 4 members (excludes halogenated alkanes) is 7. The summed E-state index contributed by atoms with van der Waals surface area (Å²) in [5, 5.41) is 8.60. The summed E-state index contributed by atoms with van der Waals surface area (Å²) in [6.07, 6.45) is 15.2. The van der Waals surface area contributed by atoms with Crippen LogP contribution in [0.25, 0.3) is 0 Å². The summed E-state index contributed by atoms with van der Waals surface area (Å²) in [6.45, 7) is 3.02. The largest absolute Gasteiger partial charge is 0.490 e. The Morgan fingerprint density at radius 1 is 0.848 bits per heavy atom. The van der Waals surface area contributed by atoms with Gasteiger partial charge in [0.2, 0.25) is 11.6 Å². The van der Waals surface area contributed by atoms with E-state index in [9.17, 15) is 13.6 Å². The van der Waals surface area contributed by atoms with E-state index in [1.54, 1.807) is 0 Å². The van der Waals surface area contributed by atoms with Gasteiger partial charge in [-0.05, 0) is 49.7 Å². The Morgan fingerprint density at radius 3 is 1.94 bits per heavy atom. The van der Waals surface area contributed by atoms with Gasteiger partial charge in [-0.2, -0.15) is 8.78 Å². The van der Waals surface area contributed by atoms with Gasteiger partial charge in [0.15, 0.2) is 11.5 Å². The highest BCUT2D eigenvalue weighted by Gasteiger charge is 2.22. The zero-order valence-electron chi connectivity index (χ0n) is 20.3. The van der Waals surface area contributed by atoms with Gasteiger partial charge in [-0.15, -0.1) is 0 Å². The third kappa shape index (κ3) is 10.7. The highest BCUT2D eigenvalue weighted by Crippen LogP contribution is 2.33. The fourth-order valence-electron chi connectivity index (χ4n) is 4.66. The summed E-state index contributed by atoms with van der Waals surface area (Å²) >= 11 is 0. The number of aliphatic carboxylic acids is 1. The molecule has 0 amide bonds. The molecule has 0 saturated heterocycles. The van der Waals surface area contributed by atoms with Crippen molar-refractivity contribution in [3.63, 3.8) is 0 Å². The van der Waals surface area contributed by atoms with Crippen molar-refractivity contribution in [3.05, 3.63) is 23.8 Å². The molecule has 1 aliphatic rings. The molecule has 0 heterocycles. The molecule has 6 heteroatoms. The first-order valence-corrected chi connectivity index (χ1v) is 13.0. The second-order valence-corrected chi connectivity index (χ2v) is 9.50. The van der Waals surface area contributed by atoms with Crippen molar-refractivity contribution in [2.45, 2.75) is 103 Å². The first-order valence-electron chi connectivity index (χ1n) is 13.0. The average molecular weight is 469 g/mol. The van der Waals surface area contributed by atoms with Crippen LogP contribution in [-0.2, 0) is 4.79 Å². The van der Waals surface area contributed by atoms with Crippen LogP contribution in [0.15, 0.2) is 12.1 Å². The molecule has 1 N–H and O–H groups in total. The van der Waals surface area contributed by atoms with E-state index in [2.05, 4.69) is 6.92 Å². The Kier molecular flexibility index (Phi) is 13.2. The molecule has 0 spiro atoms. The van der Waals surface area contributed by atoms with Gasteiger partial charge in [0.25, 0.3) is 0 Å². The maximum absolute atomic E-state index is 14.4. The van der Waals surface area contributed by atoms with Gasteiger partial charge < -0.3 is 14.6 Å². The maximum atomic E-state index is 14.4. The normalized spacial score (nSPS) is 18.3. The highest BCUT2D eigenvalue weighted by molar-refractivity contribution is 5.66. The summed E-state index contributed by atoms with van der Waals surface area (Å²) < 4.78 is 39.9. The SMILES string of the molecule is CCCC1CCC(COc2ccc(OCCCCCCCCCCC(=O)O)c(F)c2F)CC1. The van der Waals surface area contributed by atoms with Crippen LogP contribution < -0.4 is 9.47 Å². The minimum Gasteiger partial charge on any atom is -0.490 e. The quantitative estimate of drug-likeness (QED) is 0.236. The van der Waals surface area contributed by atoms with Crippen LogP contribution in [0.4, 0.5) is 8.78 Å². The van der Waals surface area contributed by atoms with Crippen LogP contribution in [0.2, 0.25) is 0 Å². The van der Waals surface area contributed by atoms with Gasteiger partial charge in [-0.1, -0.05) is 71.1 Å². The zero-order chi connectivity index (χ0) is 23.9. The number of benzene rings is 1. The van der Waals surface area contributed by atoms with Crippen LogP contribution >= 0.6 is 0 Å². The fourth-order valence-corrected chi connectivity index (χ4v) is 4.66. The van der Waals surface area contributed by atoms with Crippen molar-refractivity contribution in [2.75, 3.05) is 13.2 Å². The van der Waals surface area contributed by atoms with Crippen LogP contribution in [0, 0.1) is 23.5 Å². The Labute approximate surface area is 198 Å². The minimum atomic E-state index is -0.972. The smallest absolute Gasteiger partial charge is 0.303 e. The minimum absolute atomic E-state index is 0.0288. The number of carboxylic acid groups (broad SMARTS) is 1. The standard InChI is InChI=1S/C27H42F2O4/c1-2-11-21-13-15-22(16-14-21)20-33-24-18-17-23(26(28)27(24)29)32-19-10-8-6-4-3-5-7-9-12-25(30)31/h17-18,21-22H,2-16,19-20H2,1H3,(H,30,31). The molecule has 33 heavy (non-hydrogen) atoms. The molecular formula is C27H42F2O4. The van der Waals surface area contributed by atoms with E-state index >= 15 is 0 Å². The first-order chi connectivity index (χ1) is 16.0. The van der Waals surface area contributed by atoms with E-state index in [0.29, 0.717) is 19.1 Å². The zero-order valence-corrected chi connectivity index (χ0v) is 20.3. The summed E-state index contributed by atoms with van der Waals surface area (Å²) in [6, 6.07) is 2.93. The third-order valence-electron chi connectivity index (χ3n) is 6.69. The van der Waals surface area contributed by atoms with Crippen molar-refractivity contribution >= 4 is 5.97 Å². The Balaban J connectivity index is 1.58. The molecule has 0 unspecified atom stereocenters. The van der Waals surface area contributed by atoms with Crippen LogP contribution in [0.5, 0.6) is 11.5 Å². The van der Waals surface area contributed by atoms with E-state index in [1.165, 1.54) is 37.8 Å². The lowest BCUT2D eigenvalue weighted by atomic mass is 9.80. The topological polar surface area (TPSA) is 55.8 Å². The number of halogens is 2. The van der Waals surface area contributed by atoms with Gasteiger partial charge in [0.05, 0.1) is 13.2 Å². The van der Waals surface area contributed by atoms with Crippen molar-refractivity contribution in [1.82, 2.24) is 0 Å². The van der Waals surface area contributed by atoms with Crippen LogP contribution in [0.3, 0.4) is 0 Å². The lowest BCUT2D eigenvalue weighted by molar-refractivity contribution is -0.137. The van der Waals surface area contributed by atoms with Gasteiger partial charge in [0, 0.05) is 6.42 Å². The predicted octanol–water partition coefficient (Wildman–Crippen LogP) is 7.92. The van der Waals surface area contributed by atoms with E-state index in [-0.39, 0.29) is 17.9 Å². The van der Waals surface area contributed by atoms with Crippen LogP contribution in [-0.4, -0.2) is 24.3 Å². The van der Waals surface area contributed by atoms with Crippen molar-refractivity contribution in [2.24, 2.45) is 11.8 Å². The first kappa shape index (κ1) is 27.4. The molecule has 0 aliphatic heterocycles. The summed E-state index contributed by atoms with van der Waals surface area (Å²) in [7, 11) is 0. The molecule has 188 valence electrons. The van der Waals surface area contributed by atoms with Gasteiger partial charge in [-0.25, -0.2) is 0 Å². The highest BCUT2D eigenvalue weighted by atomic mass is 19.2. The van der Waals surface area contributed by atoms with Crippen LogP contribution in [0.1, 0.15) is 103 Å². The van der Waals surface area contributed by atoms with Gasteiger partial charge >= 0.3 is 5.97 Å². The van der Waals surface area contributed by atoms with Crippen molar-refractivity contribution < 1.29 is 28.2 Å². The maximum Gasteiger partial charge on any atom is 0.303 e. The summed E-state index contributed by atoms with van der Waals surface area (Å²) in [5.74, 6) is -1.52. The Morgan fingerprint density at radius 2 is 1.36 bits per heavy atom. The molecule has 0 radical (unpaired) electrons. The van der Waals surface area contributed by atoms with E-state index in [1.807, 2.05) is 0 Å². The molecule has 2 rings (SSSR count). The number of hydrogen-bond acceptors (Lipinski definition) is 3. The van der Waals surface area contributed by atoms with Gasteiger partial charge in [0.1, 0.15) is 0 Å². The van der Waals surface area contributed by atoms with E-state index in [4.69, 9.17) is 14.6 Å². The molecular weight excluding hydrogens is 426 g/mol. The molecule has 0 atom stereocenters. The molecule has 1 saturated carbocycles. The molecule has 4 nitrogen and oxygen atoms in total.